The minimum absolute atomic E-state index is 0.0518. The first-order chi connectivity index (χ1) is 12.9. The topological polar surface area (TPSA) is 98.5 Å². The molecule has 0 amide bonds. The second-order valence-corrected chi connectivity index (χ2v) is 7.14. The van der Waals surface area contributed by atoms with Gasteiger partial charge in [-0.25, -0.2) is 9.37 Å². The molecular formula is C18H16FN5O3. The van der Waals surface area contributed by atoms with Crippen molar-refractivity contribution in [1.82, 2.24) is 24.1 Å². The van der Waals surface area contributed by atoms with Crippen molar-refractivity contribution < 1.29 is 14.0 Å². The van der Waals surface area contributed by atoms with Crippen molar-refractivity contribution in [3.8, 4) is 11.6 Å². The van der Waals surface area contributed by atoms with Gasteiger partial charge in [0, 0.05) is 6.04 Å². The van der Waals surface area contributed by atoms with Crippen molar-refractivity contribution in [1.29, 1.82) is 0 Å². The molecule has 9 heteroatoms. The van der Waals surface area contributed by atoms with E-state index >= 15 is 0 Å². The molecule has 3 heterocycles. The van der Waals surface area contributed by atoms with Gasteiger partial charge in [-0.3, -0.25) is 13.8 Å². The Morgan fingerprint density at radius 3 is 2.78 bits per heavy atom. The van der Waals surface area contributed by atoms with Crippen LogP contribution in [-0.4, -0.2) is 29.2 Å². The third kappa shape index (κ3) is 2.18. The molecular weight excluding hydrogens is 353 g/mol. The van der Waals surface area contributed by atoms with Crippen LogP contribution < -0.4 is 5.56 Å². The van der Waals surface area contributed by atoms with Gasteiger partial charge < -0.3 is 9.63 Å². The molecule has 1 aromatic carbocycles. The number of hydrogen-bond acceptors (Lipinski definition) is 6. The number of aromatic nitrogens is 5. The highest BCUT2D eigenvalue weighted by atomic mass is 19.1. The highest BCUT2D eigenvalue weighted by Crippen LogP contribution is 2.44. The molecule has 1 aliphatic carbocycles. The first kappa shape index (κ1) is 16.1. The van der Waals surface area contributed by atoms with Crippen LogP contribution in [0.3, 0.4) is 0 Å². The number of hydrogen-bond donors (Lipinski definition) is 1. The van der Waals surface area contributed by atoms with Crippen LogP contribution in [0.15, 0.2) is 33.8 Å². The molecule has 27 heavy (non-hydrogen) atoms. The highest BCUT2D eigenvalue weighted by Gasteiger charge is 2.47. The Bertz CT molecular complexity index is 1270. The van der Waals surface area contributed by atoms with Gasteiger partial charge in [0.2, 0.25) is 5.82 Å². The molecule has 8 nitrogen and oxygen atoms in total. The summed E-state index contributed by atoms with van der Waals surface area (Å²) in [7, 11) is 0. The molecule has 0 spiro atoms. The fourth-order valence-corrected chi connectivity index (χ4v) is 3.39. The molecule has 0 radical (unpaired) electrons. The maximum Gasteiger partial charge on any atom is 0.279 e. The average Bonchev–Trinajstić information content (AvgIpc) is 3.06. The van der Waals surface area contributed by atoms with E-state index in [0.717, 1.165) is 0 Å². The number of fused-ring (bicyclic) bond motifs is 3. The lowest BCUT2D eigenvalue weighted by Crippen LogP contribution is -2.25. The Morgan fingerprint density at radius 1 is 1.30 bits per heavy atom. The average molecular weight is 369 g/mol. The monoisotopic (exact) mass is 369 g/mol. The Balaban J connectivity index is 1.85. The molecule has 1 N–H and O–H groups in total. The van der Waals surface area contributed by atoms with Crippen molar-refractivity contribution >= 4 is 16.6 Å². The van der Waals surface area contributed by atoms with E-state index in [4.69, 9.17) is 4.52 Å². The molecule has 4 aromatic rings. The summed E-state index contributed by atoms with van der Waals surface area (Å²) in [6, 6.07) is 4.36. The first-order valence-electron chi connectivity index (χ1n) is 8.67. The molecule has 1 aliphatic rings. The molecule has 0 aliphatic heterocycles. The van der Waals surface area contributed by atoms with E-state index in [0.29, 0.717) is 18.4 Å². The van der Waals surface area contributed by atoms with Crippen molar-refractivity contribution in [2.45, 2.75) is 38.3 Å². The molecule has 0 atom stereocenters. The van der Waals surface area contributed by atoms with Crippen LogP contribution in [0.5, 0.6) is 0 Å². The minimum Gasteiger partial charge on any atom is -0.382 e. The number of aliphatic hydroxyl groups is 1. The van der Waals surface area contributed by atoms with Gasteiger partial charge in [-0.2, -0.15) is 4.98 Å². The Hall–Kier alpha value is -3.07. The number of nitrogens with zero attached hydrogens (tertiary/aromatic N) is 5. The molecule has 1 saturated carbocycles. The van der Waals surface area contributed by atoms with Crippen LogP contribution in [0, 0.1) is 5.82 Å². The van der Waals surface area contributed by atoms with E-state index in [9.17, 15) is 14.3 Å². The van der Waals surface area contributed by atoms with Crippen LogP contribution in [0.2, 0.25) is 0 Å². The van der Waals surface area contributed by atoms with E-state index < -0.39 is 17.0 Å². The molecule has 0 unspecified atom stereocenters. The smallest absolute Gasteiger partial charge is 0.279 e. The number of halogens is 1. The summed E-state index contributed by atoms with van der Waals surface area (Å²) in [5.41, 5.74) is -0.293. The molecule has 0 bridgehead atoms. The third-order valence-electron chi connectivity index (χ3n) is 4.94. The minimum atomic E-state index is -1.05. The first-order valence-corrected chi connectivity index (χ1v) is 8.67. The van der Waals surface area contributed by atoms with Gasteiger partial charge in [-0.15, -0.1) is 0 Å². The Morgan fingerprint density at radius 2 is 2.07 bits per heavy atom. The van der Waals surface area contributed by atoms with Crippen molar-refractivity contribution in [3.63, 3.8) is 0 Å². The zero-order valence-electron chi connectivity index (χ0n) is 14.7. The number of rotatable bonds is 3. The van der Waals surface area contributed by atoms with Gasteiger partial charge >= 0.3 is 0 Å². The molecule has 3 aromatic heterocycles. The summed E-state index contributed by atoms with van der Waals surface area (Å²) in [6.45, 7) is 3.63. The van der Waals surface area contributed by atoms with Gasteiger partial charge in [0.15, 0.2) is 5.69 Å². The van der Waals surface area contributed by atoms with E-state index in [1.165, 1.54) is 21.4 Å². The molecule has 0 saturated heterocycles. The Labute approximate surface area is 151 Å². The van der Waals surface area contributed by atoms with Crippen LogP contribution in [0.1, 0.15) is 38.6 Å². The van der Waals surface area contributed by atoms with Crippen molar-refractivity contribution in [3.05, 3.63) is 46.5 Å². The van der Waals surface area contributed by atoms with E-state index in [1.54, 1.807) is 12.1 Å². The van der Waals surface area contributed by atoms with Crippen LogP contribution in [-0.2, 0) is 5.60 Å². The van der Waals surface area contributed by atoms with Gasteiger partial charge in [-0.1, -0.05) is 11.2 Å². The standard InChI is InChI=1S/C18H16FN5O3/c1-9(2)24-13-10(19)4-3-5-11(13)23-8-20-12(14(23)16(24)25)15-21-17(22-27-15)18(26)6-7-18/h3-5,8-9,26H,6-7H2,1-2H3. The van der Waals surface area contributed by atoms with Crippen LogP contribution in [0.25, 0.3) is 28.1 Å². The summed E-state index contributed by atoms with van der Waals surface area (Å²) >= 11 is 0. The lowest BCUT2D eigenvalue weighted by molar-refractivity contribution is 0.137. The lowest BCUT2D eigenvalue weighted by Gasteiger charge is -2.16. The number of benzene rings is 1. The number of imidazole rings is 1. The van der Waals surface area contributed by atoms with Gasteiger partial charge in [0.05, 0.1) is 5.52 Å². The summed E-state index contributed by atoms with van der Waals surface area (Å²) in [6.07, 6.45) is 2.58. The predicted octanol–water partition coefficient (Wildman–Crippen LogP) is 2.40. The van der Waals surface area contributed by atoms with Crippen LogP contribution >= 0.6 is 0 Å². The van der Waals surface area contributed by atoms with Crippen LogP contribution in [0.4, 0.5) is 4.39 Å². The summed E-state index contributed by atoms with van der Waals surface area (Å²) in [5, 5.41) is 14.0. The maximum atomic E-state index is 14.5. The molecule has 5 rings (SSSR count). The van der Waals surface area contributed by atoms with Crippen molar-refractivity contribution in [2.75, 3.05) is 0 Å². The van der Waals surface area contributed by atoms with E-state index in [1.807, 2.05) is 13.8 Å². The normalized spacial score (nSPS) is 15.9. The predicted molar refractivity (Wildman–Crippen MR) is 93.7 cm³/mol. The van der Waals surface area contributed by atoms with Gasteiger partial charge in [0.1, 0.15) is 28.8 Å². The molecule has 138 valence electrons. The lowest BCUT2D eigenvalue weighted by atomic mass is 10.2. The summed E-state index contributed by atoms with van der Waals surface area (Å²) in [4.78, 5) is 21.7. The second kappa shape index (κ2) is 5.23. The largest absolute Gasteiger partial charge is 0.382 e. The maximum absolute atomic E-state index is 14.5. The Kier molecular flexibility index (Phi) is 3.12. The second-order valence-electron chi connectivity index (χ2n) is 7.14. The van der Waals surface area contributed by atoms with Gasteiger partial charge in [0.25, 0.3) is 11.4 Å². The summed E-state index contributed by atoms with van der Waals surface area (Å²) in [5.74, 6) is -0.239. The fraction of sp³-hybridized carbons (Fsp3) is 0.333. The zero-order valence-corrected chi connectivity index (χ0v) is 14.7. The zero-order chi connectivity index (χ0) is 18.9. The van der Waals surface area contributed by atoms with Crippen molar-refractivity contribution in [2.24, 2.45) is 0 Å². The highest BCUT2D eigenvalue weighted by molar-refractivity contribution is 5.83. The fourth-order valence-electron chi connectivity index (χ4n) is 3.39. The van der Waals surface area contributed by atoms with E-state index in [-0.39, 0.29) is 34.5 Å². The molecule has 1 fully saturated rings. The summed E-state index contributed by atoms with van der Waals surface area (Å²) < 4.78 is 22.7. The SMILES string of the molecule is CC(C)n1c(=O)c2c(-c3nc(C4(O)CC4)no3)ncn2c2cccc(F)c21. The third-order valence-corrected chi connectivity index (χ3v) is 4.94. The van der Waals surface area contributed by atoms with E-state index in [2.05, 4.69) is 15.1 Å². The number of para-hydroxylation sites is 1. The quantitative estimate of drug-likeness (QED) is 0.595. The van der Waals surface area contributed by atoms with Gasteiger partial charge in [-0.05, 0) is 38.8 Å².